The summed E-state index contributed by atoms with van der Waals surface area (Å²) in [4.78, 5) is 27.6. The molecule has 0 aliphatic rings. The van der Waals surface area contributed by atoms with E-state index in [2.05, 4.69) is 15.6 Å². The second-order valence-corrected chi connectivity index (χ2v) is 6.99. The van der Waals surface area contributed by atoms with Gasteiger partial charge < -0.3 is 10.4 Å². The van der Waals surface area contributed by atoms with Crippen LogP contribution in [0.2, 0.25) is 0 Å². The van der Waals surface area contributed by atoms with Gasteiger partial charge in [-0.15, -0.1) is 11.3 Å². The highest BCUT2D eigenvalue weighted by Crippen LogP contribution is 2.19. The van der Waals surface area contributed by atoms with E-state index in [1.807, 2.05) is 31.4 Å². The largest absolute Gasteiger partial charge is 0.478 e. The van der Waals surface area contributed by atoms with Crippen LogP contribution in [0.1, 0.15) is 37.5 Å². The summed E-state index contributed by atoms with van der Waals surface area (Å²) in [6, 6.07) is 12.2. The molecule has 0 spiro atoms. The average Bonchev–Trinajstić information content (AvgIpc) is 3.06. The zero-order chi connectivity index (χ0) is 19.4. The number of aryl methyl sites for hydroxylation is 2. The number of carbonyl (C=O) groups excluding carboxylic acids is 1. The number of aromatic carboxylic acids is 1. The van der Waals surface area contributed by atoms with Gasteiger partial charge >= 0.3 is 5.97 Å². The van der Waals surface area contributed by atoms with Crippen LogP contribution in [-0.4, -0.2) is 22.0 Å². The minimum Gasteiger partial charge on any atom is -0.478 e. The maximum absolute atomic E-state index is 12.2. The number of thiazole rings is 1. The molecule has 0 unspecified atom stereocenters. The van der Waals surface area contributed by atoms with Crippen LogP contribution in [0.25, 0.3) is 0 Å². The maximum Gasteiger partial charge on any atom is 0.335 e. The highest BCUT2D eigenvalue weighted by Gasteiger charge is 2.09. The number of nitrogens with zero attached hydrogens (tertiary/aromatic N) is 1. The smallest absolute Gasteiger partial charge is 0.335 e. The average molecular weight is 381 g/mol. The van der Waals surface area contributed by atoms with Crippen molar-refractivity contribution in [3.8, 4) is 0 Å². The van der Waals surface area contributed by atoms with Gasteiger partial charge in [0.1, 0.15) is 0 Å². The topological polar surface area (TPSA) is 91.3 Å². The van der Waals surface area contributed by atoms with Gasteiger partial charge in [-0.2, -0.15) is 0 Å². The van der Waals surface area contributed by atoms with E-state index < -0.39 is 5.97 Å². The maximum atomic E-state index is 12.2. The van der Waals surface area contributed by atoms with Gasteiger partial charge in [-0.25, -0.2) is 9.78 Å². The Balaban J connectivity index is 1.63. The molecule has 0 atom stereocenters. The molecule has 0 saturated heterocycles. The van der Waals surface area contributed by atoms with E-state index in [9.17, 15) is 9.59 Å². The summed E-state index contributed by atoms with van der Waals surface area (Å²) < 4.78 is 0. The van der Waals surface area contributed by atoms with Crippen molar-refractivity contribution in [3.63, 3.8) is 0 Å². The summed E-state index contributed by atoms with van der Waals surface area (Å²) in [5.74, 6) is -1.15. The molecule has 7 heteroatoms. The van der Waals surface area contributed by atoms with Gasteiger partial charge in [-0.1, -0.05) is 18.2 Å². The predicted octanol–water partition coefficient (Wildman–Crippen LogP) is 4.32. The predicted molar refractivity (Wildman–Crippen MR) is 107 cm³/mol. The fraction of sp³-hybridized carbons (Fsp3) is 0.150. The molecule has 1 aromatic heterocycles. The minimum atomic E-state index is -0.955. The molecule has 0 aliphatic carbocycles. The fourth-order valence-electron chi connectivity index (χ4n) is 2.50. The van der Waals surface area contributed by atoms with E-state index in [0.717, 1.165) is 22.5 Å². The second kappa shape index (κ2) is 8.01. The van der Waals surface area contributed by atoms with E-state index in [-0.39, 0.29) is 11.5 Å². The highest BCUT2D eigenvalue weighted by atomic mass is 32.1. The zero-order valence-electron chi connectivity index (χ0n) is 14.9. The molecule has 2 aromatic carbocycles. The molecule has 0 fully saturated rings. The molecule has 1 heterocycles. The molecule has 27 heavy (non-hydrogen) atoms. The number of benzene rings is 2. The van der Waals surface area contributed by atoms with Crippen LogP contribution in [0.4, 0.5) is 10.8 Å². The summed E-state index contributed by atoms with van der Waals surface area (Å²) in [6.07, 6.45) is 0. The first-order valence-corrected chi connectivity index (χ1v) is 9.20. The molecule has 138 valence electrons. The van der Waals surface area contributed by atoms with E-state index in [0.29, 0.717) is 17.2 Å². The molecule has 0 saturated carbocycles. The Kier molecular flexibility index (Phi) is 5.52. The molecule has 0 radical (unpaired) electrons. The lowest BCUT2D eigenvalue weighted by Gasteiger charge is -2.11. The van der Waals surface area contributed by atoms with Crippen LogP contribution in [0, 0.1) is 13.8 Å². The Morgan fingerprint density at radius 1 is 1.07 bits per heavy atom. The van der Waals surface area contributed by atoms with Crippen molar-refractivity contribution in [2.24, 2.45) is 0 Å². The normalized spacial score (nSPS) is 10.4. The molecule has 6 nitrogen and oxygen atoms in total. The zero-order valence-corrected chi connectivity index (χ0v) is 15.8. The molecule has 3 N–H and O–H groups in total. The summed E-state index contributed by atoms with van der Waals surface area (Å²) in [5.41, 5.74) is 4.39. The van der Waals surface area contributed by atoms with Gasteiger partial charge in [0.05, 0.1) is 11.3 Å². The van der Waals surface area contributed by atoms with Gasteiger partial charge in [0.25, 0.3) is 5.91 Å². The number of carboxylic acids is 1. The van der Waals surface area contributed by atoms with Crippen molar-refractivity contribution < 1.29 is 14.7 Å². The van der Waals surface area contributed by atoms with Gasteiger partial charge in [-0.05, 0) is 49.2 Å². The first kappa shape index (κ1) is 18.6. The summed E-state index contributed by atoms with van der Waals surface area (Å²) in [5, 5.41) is 17.6. The number of amides is 1. The number of hydrogen-bond acceptors (Lipinski definition) is 5. The monoisotopic (exact) mass is 381 g/mol. The third-order valence-electron chi connectivity index (χ3n) is 4.02. The van der Waals surface area contributed by atoms with E-state index in [1.54, 1.807) is 30.3 Å². The number of anilines is 2. The van der Waals surface area contributed by atoms with Gasteiger partial charge in [0.2, 0.25) is 0 Å². The third kappa shape index (κ3) is 4.71. The number of carboxylic acid groups (broad SMARTS) is 1. The van der Waals surface area contributed by atoms with E-state index in [1.165, 1.54) is 11.3 Å². The first-order valence-electron chi connectivity index (χ1n) is 8.32. The van der Waals surface area contributed by atoms with Crippen molar-refractivity contribution in [2.45, 2.75) is 20.4 Å². The number of nitrogens with one attached hydrogen (secondary N) is 2. The standard InChI is InChI=1S/C20H19N3O3S/c1-12-3-6-16(19(25)26)9-17(12)21-10-14-4-7-15(8-5-14)18(24)23-20-22-13(2)11-27-20/h3-9,11,21H,10H2,1-2H3,(H,25,26)(H,22,23,24). The van der Waals surface area contributed by atoms with Crippen LogP contribution >= 0.6 is 11.3 Å². The highest BCUT2D eigenvalue weighted by molar-refractivity contribution is 7.13. The second-order valence-electron chi connectivity index (χ2n) is 6.13. The number of carbonyl (C=O) groups is 2. The summed E-state index contributed by atoms with van der Waals surface area (Å²) in [7, 11) is 0. The Labute approximate surface area is 160 Å². The third-order valence-corrected chi connectivity index (χ3v) is 4.90. The lowest BCUT2D eigenvalue weighted by Crippen LogP contribution is -2.12. The van der Waals surface area contributed by atoms with Crippen LogP contribution in [0.5, 0.6) is 0 Å². The van der Waals surface area contributed by atoms with Gasteiger partial charge in [-0.3, -0.25) is 10.1 Å². The van der Waals surface area contributed by atoms with E-state index in [4.69, 9.17) is 5.11 Å². The van der Waals surface area contributed by atoms with Crippen molar-refractivity contribution in [2.75, 3.05) is 10.6 Å². The molecule has 0 aliphatic heterocycles. The first-order chi connectivity index (χ1) is 12.9. The van der Waals surface area contributed by atoms with Crippen LogP contribution in [-0.2, 0) is 6.54 Å². The summed E-state index contributed by atoms with van der Waals surface area (Å²) in [6.45, 7) is 4.32. The van der Waals surface area contributed by atoms with E-state index >= 15 is 0 Å². The van der Waals surface area contributed by atoms with Crippen LogP contribution < -0.4 is 10.6 Å². The Morgan fingerprint density at radius 2 is 1.78 bits per heavy atom. The SMILES string of the molecule is Cc1csc(NC(=O)c2ccc(CNc3cc(C(=O)O)ccc3C)cc2)n1. The molecule has 3 rings (SSSR count). The quantitative estimate of drug-likeness (QED) is 0.591. The molecule has 3 aromatic rings. The Morgan fingerprint density at radius 3 is 2.41 bits per heavy atom. The van der Waals surface area contributed by atoms with Crippen molar-refractivity contribution in [1.29, 1.82) is 0 Å². The lowest BCUT2D eigenvalue weighted by atomic mass is 10.1. The van der Waals surface area contributed by atoms with Crippen molar-refractivity contribution in [1.82, 2.24) is 4.98 Å². The Hall–Kier alpha value is -3.19. The number of aromatic nitrogens is 1. The van der Waals surface area contributed by atoms with Crippen molar-refractivity contribution >= 4 is 34.0 Å². The molecule has 0 bridgehead atoms. The Bertz CT molecular complexity index is 980. The molecular formula is C20H19N3O3S. The van der Waals surface area contributed by atoms with Gasteiger partial charge in [0, 0.05) is 23.2 Å². The van der Waals surface area contributed by atoms with Crippen molar-refractivity contribution in [3.05, 3.63) is 75.8 Å². The number of hydrogen-bond donors (Lipinski definition) is 3. The molecular weight excluding hydrogens is 362 g/mol. The lowest BCUT2D eigenvalue weighted by molar-refractivity contribution is 0.0696. The number of rotatable bonds is 6. The minimum absolute atomic E-state index is 0.200. The summed E-state index contributed by atoms with van der Waals surface area (Å²) >= 11 is 1.39. The van der Waals surface area contributed by atoms with Crippen LogP contribution in [0.15, 0.2) is 47.8 Å². The fourth-order valence-corrected chi connectivity index (χ4v) is 3.18. The molecule has 1 amide bonds. The van der Waals surface area contributed by atoms with Crippen LogP contribution in [0.3, 0.4) is 0 Å². The van der Waals surface area contributed by atoms with Gasteiger partial charge in [0.15, 0.2) is 5.13 Å².